The summed E-state index contributed by atoms with van der Waals surface area (Å²) in [5.41, 5.74) is 0.715. The lowest BCUT2D eigenvalue weighted by Gasteiger charge is -2.08. The summed E-state index contributed by atoms with van der Waals surface area (Å²) in [7, 11) is -2.20. The molecule has 0 spiro atoms. The van der Waals surface area contributed by atoms with Crippen LogP contribution in [0.2, 0.25) is 0 Å². The third-order valence-corrected chi connectivity index (χ3v) is 4.06. The average Bonchev–Trinajstić information content (AvgIpc) is 2.62. The zero-order valence-electron chi connectivity index (χ0n) is 10.5. The van der Waals surface area contributed by atoms with Crippen molar-refractivity contribution in [3.05, 3.63) is 28.7 Å². The molecule has 0 unspecified atom stereocenters. The van der Waals surface area contributed by atoms with Crippen LogP contribution in [-0.4, -0.2) is 30.7 Å². The van der Waals surface area contributed by atoms with Gasteiger partial charge in [-0.15, -0.1) is 0 Å². The van der Waals surface area contributed by atoms with Crippen molar-refractivity contribution in [3.8, 4) is 0 Å². The van der Waals surface area contributed by atoms with Crippen molar-refractivity contribution in [2.24, 2.45) is 7.05 Å². The zero-order valence-corrected chi connectivity index (χ0v) is 11.3. The Morgan fingerprint density at radius 2 is 2.16 bits per heavy atom. The van der Waals surface area contributed by atoms with Crippen LogP contribution >= 0.6 is 0 Å². The van der Waals surface area contributed by atoms with Crippen molar-refractivity contribution in [1.82, 2.24) is 9.29 Å². The number of hydrogen-bond acceptors (Lipinski definition) is 5. The lowest BCUT2D eigenvalue weighted by Crippen LogP contribution is -2.30. The van der Waals surface area contributed by atoms with Gasteiger partial charge in [0.05, 0.1) is 16.5 Å². The second kappa shape index (κ2) is 4.80. The van der Waals surface area contributed by atoms with Crippen molar-refractivity contribution in [1.29, 1.82) is 0 Å². The molecule has 0 radical (unpaired) electrons. The Balaban J connectivity index is 2.43. The minimum absolute atomic E-state index is 0.0185. The van der Waals surface area contributed by atoms with Crippen LogP contribution in [0.25, 0.3) is 11.1 Å². The highest BCUT2D eigenvalue weighted by Crippen LogP contribution is 2.17. The van der Waals surface area contributed by atoms with Gasteiger partial charge in [-0.05, 0) is 19.1 Å². The van der Waals surface area contributed by atoms with Crippen LogP contribution in [0.1, 0.15) is 6.92 Å². The van der Waals surface area contributed by atoms with E-state index >= 15 is 0 Å². The Morgan fingerprint density at radius 3 is 2.79 bits per heavy atom. The van der Waals surface area contributed by atoms with E-state index < -0.39 is 21.9 Å². The topological polar surface area (TPSA) is 102 Å². The zero-order chi connectivity index (χ0) is 14.2. The fraction of sp³-hybridized carbons (Fsp3) is 0.364. The minimum atomic E-state index is -3.73. The number of aliphatic hydroxyl groups excluding tert-OH is 1. The second-order valence-corrected chi connectivity index (χ2v) is 6.02. The van der Waals surface area contributed by atoms with Gasteiger partial charge in [0.15, 0.2) is 5.58 Å². The molecular formula is C11H14N2O5S. The molecule has 0 aliphatic heterocycles. The number of rotatable bonds is 4. The number of aromatic nitrogens is 1. The van der Waals surface area contributed by atoms with E-state index in [-0.39, 0.29) is 17.0 Å². The van der Waals surface area contributed by atoms with Crippen LogP contribution in [0.5, 0.6) is 0 Å². The highest BCUT2D eigenvalue weighted by Gasteiger charge is 2.17. The first-order valence-electron chi connectivity index (χ1n) is 5.58. The number of oxazole rings is 1. The summed E-state index contributed by atoms with van der Waals surface area (Å²) in [6.07, 6.45) is -0.784. The van der Waals surface area contributed by atoms with E-state index in [2.05, 4.69) is 4.72 Å². The van der Waals surface area contributed by atoms with E-state index in [9.17, 15) is 13.2 Å². The second-order valence-electron chi connectivity index (χ2n) is 4.26. The minimum Gasteiger partial charge on any atom is -0.408 e. The number of aryl methyl sites for hydroxylation is 1. The van der Waals surface area contributed by atoms with Crippen molar-refractivity contribution >= 4 is 21.1 Å². The predicted octanol–water partition coefficient (Wildman–Crippen LogP) is -0.209. The molecule has 2 rings (SSSR count). The molecule has 7 nitrogen and oxygen atoms in total. The number of aliphatic hydroxyl groups is 1. The SMILES string of the molecule is C[C@@H](O)CNS(=O)(=O)c1ccc2c(c1)oc(=O)n2C. The Hall–Kier alpha value is -1.64. The number of fused-ring (bicyclic) bond motifs is 1. The van der Waals surface area contributed by atoms with Crippen LogP contribution in [0.15, 0.2) is 32.3 Å². The van der Waals surface area contributed by atoms with Crippen molar-refractivity contribution in [3.63, 3.8) is 0 Å². The number of benzene rings is 1. The van der Waals surface area contributed by atoms with Gasteiger partial charge < -0.3 is 9.52 Å². The fourth-order valence-electron chi connectivity index (χ4n) is 1.59. The molecule has 0 amide bonds. The van der Waals surface area contributed by atoms with Gasteiger partial charge in [0.1, 0.15) is 0 Å². The Labute approximate surface area is 109 Å². The molecule has 104 valence electrons. The van der Waals surface area contributed by atoms with E-state index in [1.54, 1.807) is 0 Å². The molecule has 0 saturated carbocycles. The first kappa shape index (κ1) is 13.8. The fourth-order valence-corrected chi connectivity index (χ4v) is 2.73. The summed E-state index contributed by atoms with van der Waals surface area (Å²) < 4.78 is 32.3. The van der Waals surface area contributed by atoms with Crippen molar-refractivity contribution < 1.29 is 17.9 Å². The van der Waals surface area contributed by atoms with Gasteiger partial charge >= 0.3 is 5.76 Å². The third kappa shape index (κ3) is 2.70. The van der Waals surface area contributed by atoms with Gasteiger partial charge in [-0.25, -0.2) is 17.9 Å². The van der Waals surface area contributed by atoms with E-state index in [0.717, 1.165) is 0 Å². The summed E-state index contributed by atoms with van der Waals surface area (Å²) >= 11 is 0. The summed E-state index contributed by atoms with van der Waals surface area (Å²) in [4.78, 5) is 11.3. The van der Waals surface area contributed by atoms with Crippen LogP contribution in [0.4, 0.5) is 0 Å². The molecule has 19 heavy (non-hydrogen) atoms. The average molecular weight is 286 g/mol. The molecule has 1 atom stereocenters. The Kier molecular flexibility index (Phi) is 3.48. The van der Waals surface area contributed by atoms with Gasteiger partial charge in [-0.2, -0.15) is 0 Å². The lowest BCUT2D eigenvalue weighted by molar-refractivity contribution is 0.198. The third-order valence-electron chi connectivity index (χ3n) is 2.64. The molecule has 0 fully saturated rings. The van der Waals surface area contributed by atoms with Crippen LogP contribution in [0.3, 0.4) is 0 Å². The summed E-state index contributed by atoms with van der Waals surface area (Å²) in [6, 6.07) is 4.15. The molecule has 1 heterocycles. The normalized spacial score (nSPS) is 13.8. The van der Waals surface area contributed by atoms with Gasteiger partial charge in [0, 0.05) is 19.7 Å². The first-order chi connectivity index (χ1) is 8.81. The molecule has 0 aliphatic carbocycles. The Morgan fingerprint density at radius 1 is 1.47 bits per heavy atom. The van der Waals surface area contributed by atoms with E-state index in [0.29, 0.717) is 5.52 Å². The molecule has 2 aromatic rings. The van der Waals surface area contributed by atoms with Gasteiger partial charge in [-0.1, -0.05) is 0 Å². The maximum atomic E-state index is 11.9. The molecule has 0 saturated heterocycles. The molecule has 0 aliphatic rings. The number of hydrogen-bond donors (Lipinski definition) is 2. The lowest BCUT2D eigenvalue weighted by atomic mass is 10.3. The largest absolute Gasteiger partial charge is 0.419 e. The molecule has 8 heteroatoms. The van der Waals surface area contributed by atoms with E-state index in [1.165, 1.54) is 36.7 Å². The number of nitrogens with one attached hydrogen (secondary N) is 1. The highest BCUT2D eigenvalue weighted by atomic mass is 32.2. The standard InChI is InChI=1S/C11H14N2O5S/c1-7(14)6-12-19(16,17)8-3-4-9-10(5-8)18-11(15)13(9)2/h3-5,7,12,14H,6H2,1-2H3/t7-/m1/s1. The summed E-state index contributed by atoms with van der Waals surface area (Å²) in [5, 5.41) is 9.08. The van der Waals surface area contributed by atoms with Gasteiger partial charge in [-0.3, -0.25) is 4.57 Å². The molecule has 1 aromatic carbocycles. The molecule has 0 bridgehead atoms. The number of sulfonamides is 1. The van der Waals surface area contributed by atoms with Crippen LogP contribution < -0.4 is 10.5 Å². The predicted molar refractivity (Wildman–Crippen MR) is 68.3 cm³/mol. The summed E-state index contributed by atoms with van der Waals surface area (Å²) in [5.74, 6) is -0.554. The quantitative estimate of drug-likeness (QED) is 0.810. The molecule has 1 aromatic heterocycles. The van der Waals surface area contributed by atoms with Gasteiger partial charge in [0.25, 0.3) is 0 Å². The smallest absolute Gasteiger partial charge is 0.408 e. The van der Waals surface area contributed by atoms with E-state index in [1.807, 2.05) is 0 Å². The van der Waals surface area contributed by atoms with Crippen LogP contribution in [-0.2, 0) is 17.1 Å². The first-order valence-corrected chi connectivity index (χ1v) is 7.07. The van der Waals surface area contributed by atoms with Crippen molar-refractivity contribution in [2.45, 2.75) is 17.9 Å². The number of nitrogens with zero attached hydrogens (tertiary/aromatic N) is 1. The molecular weight excluding hydrogens is 272 g/mol. The summed E-state index contributed by atoms with van der Waals surface area (Å²) in [6.45, 7) is 1.39. The van der Waals surface area contributed by atoms with E-state index in [4.69, 9.17) is 9.52 Å². The van der Waals surface area contributed by atoms with Crippen LogP contribution in [0, 0.1) is 0 Å². The monoisotopic (exact) mass is 286 g/mol. The Bertz CT molecular complexity index is 757. The maximum absolute atomic E-state index is 11.9. The van der Waals surface area contributed by atoms with Gasteiger partial charge in [0.2, 0.25) is 10.0 Å². The molecule has 2 N–H and O–H groups in total. The van der Waals surface area contributed by atoms with Crippen molar-refractivity contribution in [2.75, 3.05) is 6.54 Å². The maximum Gasteiger partial charge on any atom is 0.419 e. The highest BCUT2D eigenvalue weighted by molar-refractivity contribution is 7.89.